The Balaban J connectivity index is 1.57. The molecule has 1 fully saturated rings. The third-order valence-corrected chi connectivity index (χ3v) is 4.39. The van der Waals surface area contributed by atoms with Gasteiger partial charge in [0.15, 0.2) is 5.82 Å². The number of nitrogens with zero attached hydrogens (tertiary/aromatic N) is 5. The first-order valence-corrected chi connectivity index (χ1v) is 7.92. The molecule has 6 heteroatoms. The first-order chi connectivity index (χ1) is 11.2. The molecule has 0 bridgehead atoms. The van der Waals surface area contributed by atoms with Crippen molar-refractivity contribution in [2.45, 2.75) is 26.4 Å². The second-order valence-corrected chi connectivity index (χ2v) is 5.94. The standard InChI is InChI=1S/C17H21N5O/c1-13(17-19-14(2)20-23-17)22-9-7-21(8-10-22)12-16-6-4-3-5-15(16)11-18/h3-6,13H,7-10,12H2,1-2H3/t13-/m0/s1. The Morgan fingerprint density at radius 1 is 1.26 bits per heavy atom. The van der Waals surface area contributed by atoms with Crippen LogP contribution in [-0.2, 0) is 6.54 Å². The third-order valence-electron chi connectivity index (χ3n) is 4.39. The van der Waals surface area contributed by atoms with Gasteiger partial charge < -0.3 is 4.52 Å². The van der Waals surface area contributed by atoms with E-state index in [1.165, 1.54) is 0 Å². The maximum absolute atomic E-state index is 9.19. The Hall–Kier alpha value is -2.23. The molecule has 6 nitrogen and oxygen atoms in total. The van der Waals surface area contributed by atoms with E-state index in [9.17, 15) is 5.26 Å². The van der Waals surface area contributed by atoms with Crippen LogP contribution < -0.4 is 0 Å². The average Bonchev–Trinajstić information content (AvgIpc) is 3.02. The number of rotatable bonds is 4. The van der Waals surface area contributed by atoms with Crippen LogP contribution in [0.1, 0.15) is 35.8 Å². The molecule has 2 aromatic rings. The van der Waals surface area contributed by atoms with Gasteiger partial charge in [-0.1, -0.05) is 23.4 Å². The van der Waals surface area contributed by atoms with E-state index in [2.05, 4.69) is 32.9 Å². The van der Waals surface area contributed by atoms with Gasteiger partial charge in [-0.2, -0.15) is 10.2 Å². The highest BCUT2D eigenvalue weighted by molar-refractivity contribution is 5.37. The second-order valence-electron chi connectivity index (χ2n) is 5.94. The van der Waals surface area contributed by atoms with E-state index >= 15 is 0 Å². The van der Waals surface area contributed by atoms with Crippen LogP contribution in [0.4, 0.5) is 0 Å². The summed E-state index contributed by atoms with van der Waals surface area (Å²) < 4.78 is 5.28. The van der Waals surface area contributed by atoms with Gasteiger partial charge in [0.1, 0.15) is 0 Å². The predicted octanol–water partition coefficient (Wildman–Crippen LogP) is 2.13. The monoisotopic (exact) mass is 311 g/mol. The van der Waals surface area contributed by atoms with E-state index in [0.29, 0.717) is 11.7 Å². The van der Waals surface area contributed by atoms with E-state index in [1.54, 1.807) is 0 Å². The van der Waals surface area contributed by atoms with Crippen LogP contribution in [0.25, 0.3) is 0 Å². The first kappa shape index (κ1) is 15.7. The zero-order chi connectivity index (χ0) is 16.2. The van der Waals surface area contributed by atoms with Crippen molar-refractivity contribution < 1.29 is 4.52 Å². The van der Waals surface area contributed by atoms with Crippen LogP contribution in [0.5, 0.6) is 0 Å². The molecule has 0 saturated carbocycles. The normalized spacial score (nSPS) is 17.8. The molecule has 1 atom stereocenters. The largest absolute Gasteiger partial charge is 0.338 e. The molecule has 2 heterocycles. The number of aromatic nitrogens is 2. The Kier molecular flexibility index (Phi) is 4.70. The molecular weight excluding hydrogens is 290 g/mol. The zero-order valence-electron chi connectivity index (χ0n) is 13.6. The number of aryl methyl sites for hydroxylation is 1. The SMILES string of the molecule is Cc1noc([C@H](C)N2CCN(Cc3ccccc3C#N)CC2)n1. The number of benzene rings is 1. The van der Waals surface area contributed by atoms with E-state index in [4.69, 9.17) is 4.52 Å². The van der Waals surface area contributed by atoms with Gasteiger partial charge in [0.2, 0.25) is 5.89 Å². The van der Waals surface area contributed by atoms with Gasteiger partial charge in [0, 0.05) is 32.7 Å². The maximum Gasteiger partial charge on any atom is 0.243 e. The van der Waals surface area contributed by atoms with Crippen LogP contribution in [0.15, 0.2) is 28.8 Å². The lowest BCUT2D eigenvalue weighted by atomic mass is 10.1. The van der Waals surface area contributed by atoms with Crippen molar-refractivity contribution in [1.82, 2.24) is 19.9 Å². The molecule has 3 rings (SSSR count). The summed E-state index contributed by atoms with van der Waals surface area (Å²) in [4.78, 5) is 9.07. The van der Waals surface area contributed by atoms with Gasteiger partial charge in [0.05, 0.1) is 17.7 Å². The van der Waals surface area contributed by atoms with Crippen molar-refractivity contribution in [3.63, 3.8) is 0 Å². The smallest absolute Gasteiger partial charge is 0.243 e. The molecule has 0 amide bonds. The molecule has 1 aromatic carbocycles. The summed E-state index contributed by atoms with van der Waals surface area (Å²) in [5.41, 5.74) is 1.87. The van der Waals surface area contributed by atoms with Crippen molar-refractivity contribution in [1.29, 1.82) is 5.26 Å². The minimum absolute atomic E-state index is 0.143. The molecule has 23 heavy (non-hydrogen) atoms. The minimum Gasteiger partial charge on any atom is -0.338 e. The molecule has 0 N–H and O–H groups in total. The van der Waals surface area contributed by atoms with Crippen molar-refractivity contribution >= 4 is 0 Å². The Morgan fingerprint density at radius 2 is 2.00 bits per heavy atom. The lowest BCUT2D eigenvalue weighted by molar-refractivity contribution is 0.0845. The first-order valence-electron chi connectivity index (χ1n) is 7.92. The quantitative estimate of drug-likeness (QED) is 0.861. The average molecular weight is 311 g/mol. The lowest BCUT2D eigenvalue weighted by Crippen LogP contribution is -2.46. The van der Waals surface area contributed by atoms with Crippen molar-refractivity contribution in [3.8, 4) is 6.07 Å². The fraction of sp³-hybridized carbons (Fsp3) is 0.471. The number of hydrogen-bond acceptors (Lipinski definition) is 6. The predicted molar refractivity (Wildman–Crippen MR) is 85.5 cm³/mol. The molecule has 0 radical (unpaired) electrons. The Morgan fingerprint density at radius 3 is 2.65 bits per heavy atom. The summed E-state index contributed by atoms with van der Waals surface area (Å²) in [5, 5.41) is 13.1. The number of piperazine rings is 1. The number of nitriles is 1. The maximum atomic E-state index is 9.19. The van der Waals surface area contributed by atoms with E-state index in [0.717, 1.165) is 43.9 Å². The summed E-state index contributed by atoms with van der Waals surface area (Å²) in [5.74, 6) is 1.37. The highest BCUT2D eigenvalue weighted by Crippen LogP contribution is 2.21. The molecule has 1 aliphatic heterocycles. The van der Waals surface area contributed by atoms with Crippen LogP contribution >= 0.6 is 0 Å². The van der Waals surface area contributed by atoms with Gasteiger partial charge in [-0.15, -0.1) is 0 Å². The highest BCUT2D eigenvalue weighted by atomic mass is 16.5. The topological polar surface area (TPSA) is 69.2 Å². The second kappa shape index (κ2) is 6.90. The van der Waals surface area contributed by atoms with Crippen LogP contribution in [0.3, 0.4) is 0 Å². The fourth-order valence-electron chi connectivity index (χ4n) is 2.96. The lowest BCUT2D eigenvalue weighted by Gasteiger charge is -2.36. The molecule has 1 aromatic heterocycles. The molecule has 1 saturated heterocycles. The number of hydrogen-bond donors (Lipinski definition) is 0. The summed E-state index contributed by atoms with van der Waals surface area (Å²) >= 11 is 0. The van der Waals surface area contributed by atoms with Crippen LogP contribution in [0.2, 0.25) is 0 Å². The van der Waals surface area contributed by atoms with E-state index < -0.39 is 0 Å². The van der Waals surface area contributed by atoms with Gasteiger partial charge in [-0.25, -0.2) is 0 Å². The molecule has 120 valence electrons. The summed E-state index contributed by atoms with van der Waals surface area (Å²) in [6.07, 6.45) is 0. The van der Waals surface area contributed by atoms with E-state index in [1.807, 2.05) is 31.2 Å². The van der Waals surface area contributed by atoms with Gasteiger partial charge in [0.25, 0.3) is 0 Å². The van der Waals surface area contributed by atoms with Crippen molar-refractivity contribution in [2.75, 3.05) is 26.2 Å². The fourth-order valence-corrected chi connectivity index (χ4v) is 2.96. The Labute approximate surface area is 136 Å². The van der Waals surface area contributed by atoms with Gasteiger partial charge in [-0.05, 0) is 25.5 Å². The van der Waals surface area contributed by atoms with Crippen molar-refractivity contribution in [2.24, 2.45) is 0 Å². The minimum atomic E-state index is 0.143. The highest BCUT2D eigenvalue weighted by Gasteiger charge is 2.25. The molecule has 1 aliphatic rings. The van der Waals surface area contributed by atoms with Crippen LogP contribution in [-0.4, -0.2) is 46.1 Å². The van der Waals surface area contributed by atoms with Gasteiger partial charge >= 0.3 is 0 Å². The zero-order valence-corrected chi connectivity index (χ0v) is 13.6. The van der Waals surface area contributed by atoms with Gasteiger partial charge in [-0.3, -0.25) is 9.80 Å². The third kappa shape index (κ3) is 3.58. The van der Waals surface area contributed by atoms with E-state index in [-0.39, 0.29) is 6.04 Å². The Bertz CT molecular complexity index is 697. The van der Waals surface area contributed by atoms with Crippen LogP contribution in [0, 0.1) is 18.3 Å². The molecule has 0 aliphatic carbocycles. The summed E-state index contributed by atoms with van der Waals surface area (Å²) in [6, 6.07) is 10.2. The molecule has 0 spiro atoms. The molecule has 0 unspecified atom stereocenters. The summed E-state index contributed by atoms with van der Waals surface area (Å²) in [6.45, 7) is 8.62. The summed E-state index contributed by atoms with van der Waals surface area (Å²) in [7, 11) is 0. The van der Waals surface area contributed by atoms with Crippen molar-refractivity contribution in [3.05, 3.63) is 47.1 Å². The molecular formula is C17H21N5O.